The monoisotopic (exact) mass is 394 g/mol. The minimum atomic E-state index is -0.812. The molecule has 0 saturated heterocycles. The normalized spacial score (nSPS) is 11.5. The van der Waals surface area contributed by atoms with Gasteiger partial charge >= 0.3 is 0 Å². The lowest BCUT2D eigenvalue weighted by atomic mass is 10.2. The molecule has 2 aromatic carbocycles. The van der Waals surface area contributed by atoms with Gasteiger partial charge in [-0.15, -0.1) is 0 Å². The van der Waals surface area contributed by atoms with Gasteiger partial charge in [-0.05, 0) is 41.1 Å². The highest BCUT2D eigenvalue weighted by Crippen LogP contribution is 2.29. The van der Waals surface area contributed by atoms with Gasteiger partial charge in [0.1, 0.15) is 11.5 Å². The number of ether oxygens (including phenoxy) is 2. The Labute approximate surface area is 146 Å². The molecule has 1 N–H and O–H groups in total. The first-order valence-electron chi connectivity index (χ1n) is 6.97. The Morgan fingerprint density at radius 3 is 2.58 bits per heavy atom. The number of non-ortho nitro benzene ring substituents is 1. The van der Waals surface area contributed by atoms with Crippen LogP contribution >= 0.6 is 15.9 Å². The molecular formula is C16H15BrN2O5. The second-order valence-electron chi connectivity index (χ2n) is 4.82. The summed E-state index contributed by atoms with van der Waals surface area (Å²) < 4.78 is 11.4. The van der Waals surface area contributed by atoms with Gasteiger partial charge in [0.05, 0.1) is 22.2 Å². The fourth-order valence-corrected chi connectivity index (χ4v) is 2.30. The summed E-state index contributed by atoms with van der Waals surface area (Å²) in [5.41, 5.74) is 0.0600. The molecule has 0 bridgehead atoms. The summed E-state index contributed by atoms with van der Waals surface area (Å²) in [6.45, 7) is 1.58. The van der Waals surface area contributed by atoms with E-state index in [1.807, 2.05) is 6.07 Å². The topological polar surface area (TPSA) is 90.7 Å². The van der Waals surface area contributed by atoms with Crippen molar-refractivity contribution >= 4 is 33.2 Å². The van der Waals surface area contributed by atoms with Crippen LogP contribution in [0.25, 0.3) is 0 Å². The number of methoxy groups -OCH3 is 1. The number of carbonyl (C=O) groups excluding carboxylic acids is 1. The Hall–Kier alpha value is -2.61. The van der Waals surface area contributed by atoms with Crippen LogP contribution in [0.15, 0.2) is 46.9 Å². The van der Waals surface area contributed by atoms with Crippen molar-refractivity contribution in [1.29, 1.82) is 0 Å². The first-order valence-corrected chi connectivity index (χ1v) is 7.76. The van der Waals surface area contributed by atoms with Crippen molar-refractivity contribution in [2.45, 2.75) is 13.0 Å². The number of hydrogen-bond donors (Lipinski definition) is 1. The summed E-state index contributed by atoms with van der Waals surface area (Å²) in [4.78, 5) is 22.6. The minimum Gasteiger partial charge on any atom is -0.495 e. The number of nitro benzene ring substituents is 1. The van der Waals surface area contributed by atoms with Crippen LogP contribution in [-0.2, 0) is 4.79 Å². The van der Waals surface area contributed by atoms with Crippen LogP contribution in [0.5, 0.6) is 11.5 Å². The molecule has 2 rings (SSSR count). The highest BCUT2D eigenvalue weighted by molar-refractivity contribution is 9.10. The van der Waals surface area contributed by atoms with Crippen LogP contribution in [-0.4, -0.2) is 24.0 Å². The van der Waals surface area contributed by atoms with Crippen molar-refractivity contribution in [2.75, 3.05) is 12.4 Å². The van der Waals surface area contributed by atoms with E-state index in [0.29, 0.717) is 11.5 Å². The summed E-state index contributed by atoms with van der Waals surface area (Å²) in [6.07, 6.45) is -0.812. The minimum absolute atomic E-state index is 0.148. The predicted octanol–water partition coefficient (Wildman–Crippen LogP) is 3.77. The van der Waals surface area contributed by atoms with Gasteiger partial charge in [0.2, 0.25) is 0 Å². The fourth-order valence-electron chi connectivity index (χ4n) is 1.93. The van der Waals surface area contributed by atoms with Crippen LogP contribution < -0.4 is 14.8 Å². The molecule has 0 aliphatic carbocycles. The quantitative estimate of drug-likeness (QED) is 0.594. The average molecular weight is 395 g/mol. The summed E-state index contributed by atoms with van der Waals surface area (Å²) in [6, 6.07) is 11.1. The second-order valence-corrected chi connectivity index (χ2v) is 5.68. The van der Waals surface area contributed by atoms with E-state index in [0.717, 1.165) is 4.47 Å². The Balaban J connectivity index is 2.15. The molecule has 0 spiro atoms. The molecule has 0 aliphatic heterocycles. The molecule has 2 aromatic rings. The number of nitrogens with zero attached hydrogens (tertiary/aromatic N) is 1. The molecule has 0 radical (unpaired) electrons. The lowest BCUT2D eigenvalue weighted by Crippen LogP contribution is -2.30. The molecule has 0 aromatic heterocycles. The van der Waals surface area contributed by atoms with Crippen LogP contribution in [0.2, 0.25) is 0 Å². The van der Waals surface area contributed by atoms with Gasteiger partial charge in [-0.3, -0.25) is 14.9 Å². The third kappa shape index (κ3) is 4.23. The third-order valence-electron chi connectivity index (χ3n) is 3.16. The molecule has 1 unspecified atom stereocenters. The van der Waals surface area contributed by atoms with Gasteiger partial charge in [-0.1, -0.05) is 12.1 Å². The fraction of sp³-hybridized carbons (Fsp3) is 0.188. The van der Waals surface area contributed by atoms with Gasteiger partial charge in [0, 0.05) is 12.1 Å². The molecule has 8 heteroatoms. The molecule has 0 saturated carbocycles. The summed E-state index contributed by atoms with van der Waals surface area (Å²) in [5.74, 6) is 0.387. The zero-order valence-corrected chi connectivity index (χ0v) is 14.6. The van der Waals surface area contributed by atoms with E-state index >= 15 is 0 Å². The van der Waals surface area contributed by atoms with Crippen LogP contribution in [0.4, 0.5) is 11.4 Å². The highest BCUT2D eigenvalue weighted by atomic mass is 79.9. The molecular weight excluding hydrogens is 380 g/mol. The zero-order chi connectivity index (χ0) is 17.7. The SMILES string of the molecule is COc1ccc([N+](=O)[O-])cc1NC(=O)C(C)Oc1ccccc1Br. The number of nitrogens with one attached hydrogen (secondary N) is 1. The first-order chi connectivity index (χ1) is 11.4. The standard InChI is InChI=1S/C16H15BrN2O5/c1-10(24-14-6-4-3-5-12(14)17)16(20)18-13-9-11(19(21)22)7-8-15(13)23-2/h3-10H,1-2H3,(H,18,20). The highest BCUT2D eigenvalue weighted by Gasteiger charge is 2.19. The number of hydrogen-bond acceptors (Lipinski definition) is 5. The average Bonchev–Trinajstić information content (AvgIpc) is 2.56. The predicted molar refractivity (Wildman–Crippen MR) is 92.5 cm³/mol. The van der Waals surface area contributed by atoms with Crippen molar-refractivity contribution in [2.24, 2.45) is 0 Å². The maximum atomic E-state index is 12.3. The summed E-state index contributed by atoms with van der Waals surface area (Å²) in [5, 5.41) is 13.5. The molecule has 0 heterocycles. The number of anilines is 1. The molecule has 1 atom stereocenters. The van der Waals surface area contributed by atoms with E-state index in [4.69, 9.17) is 9.47 Å². The van der Waals surface area contributed by atoms with Gasteiger partial charge in [0.25, 0.3) is 11.6 Å². The second kappa shape index (κ2) is 7.78. The molecule has 0 fully saturated rings. The van der Waals surface area contributed by atoms with Crippen LogP contribution in [0.3, 0.4) is 0 Å². The first kappa shape index (κ1) is 17.7. The molecule has 24 heavy (non-hydrogen) atoms. The van der Waals surface area contributed by atoms with Crippen LogP contribution in [0, 0.1) is 10.1 Å². The van der Waals surface area contributed by atoms with Crippen LogP contribution in [0.1, 0.15) is 6.92 Å². The number of amides is 1. The van der Waals surface area contributed by atoms with E-state index < -0.39 is 16.9 Å². The molecule has 1 amide bonds. The zero-order valence-electron chi connectivity index (χ0n) is 13.0. The van der Waals surface area contributed by atoms with Gasteiger partial charge < -0.3 is 14.8 Å². The Kier molecular flexibility index (Phi) is 5.75. The third-order valence-corrected chi connectivity index (χ3v) is 3.82. The Morgan fingerprint density at radius 1 is 1.25 bits per heavy atom. The van der Waals surface area contributed by atoms with Crippen molar-refractivity contribution in [3.63, 3.8) is 0 Å². The number of halogens is 1. The van der Waals surface area contributed by atoms with Crippen molar-refractivity contribution < 1.29 is 19.2 Å². The van der Waals surface area contributed by atoms with Gasteiger partial charge in [-0.25, -0.2) is 0 Å². The smallest absolute Gasteiger partial charge is 0.271 e. The maximum absolute atomic E-state index is 12.3. The largest absolute Gasteiger partial charge is 0.495 e. The van der Waals surface area contributed by atoms with E-state index in [9.17, 15) is 14.9 Å². The van der Waals surface area contributed by atoms with Crippen molar-refractivity contribution in [3.05, 3.63) is 57.1 Å². The van der Waals surface area contributed by atoms with E-state index in [2.05, 4.69) is 21.2 Å². The molecule has 126 valence electrons. The maximum Gasteiger partial charge on any atom is 0.271 e. The summed E-state index contributed by atoms with van der Waals surface area (Å²) >= 11 is 3.34. The number of rotatable bonds is 6. The van der Waals surface area contributed by atoms with Crippen molar-refractivity contribution in [1.82, 2.24) is 0 Å². The summed E-state index contributed by atoms with van der Waals surface area (Å²) in [7, 11) is 1.41. The number of para-hydroxylation sites is 1. The molecule has 7 nitrogen and oxygen atoms in total. The van der Waals surface area contributed by atoms with E-state index in [1.165, 1.54) is 25.3 Å². The Bertz CT molecular complexity index is 766. The Morgan fingerprint density at radius 2 is 1.96 bits per heavy atom. The van der Waals surface area contributed by atoms with Gasteiger partial charge in [-0.2, -0.15) is 0 Å². The van der Waals surface area contributed by atoms with Gasteiger partial charge in [0.15, 0.2) is 6.10 Å². The lowest BCUT2D eigenvalue weighted by Gasteiger charge is -2.16. The van der Waals surface area contributed by atoms with Crippen molar-refractivity contribution in [3.8, 4) is 11.5 Å². The molecule has 0 aliphatic rings. The van der Waals surface area contributed by atoms with E-state index in [-0.39, 0.29) is 11.4 Å². The number of nitro groups is 1. The lowest BCUT2D eigenvalue weighted by molar-refractivity contribution is -0.384. The number of benzene rings is 2. The number of carbonyl (C=O) groups is 1. The van der Waals surface area contributed by atoms with E-state index in [1.54, 1.807) is 25.1 Å².